The fraction of sp³-hybridized carbons (Fsp3) is 0.467. The van der Waals surface area contributed by atoms with Crippen LogP contribution in [0.15, 0.2) is 66.6 Å². The zero-order chi connectivity index (χ0) is 37.2. The fourth-order valence-electron chi connectivity index (χ4n) is 7.76. The number of hydrogen-bond acceptors (Lipinski definition) is 4. The molecule has 5 aromatic rings. The predicted octanol–water partition coefficient (Wildman–Crippen LogP) is 12.9. The van der Waals surface area contributed by atoms with Crippen LogP contribution in [0.2, 0.25) is 19.6 Å². The SMILES string of the molecule is CC(C)C(C(=O)/C=C(\O)C(C(C)C)C(C)C)C(C)C.Cc1ccc2c(C(C)C)cc(-c3nccc4c3sc3c([Si](C)(C)C)cccc34)[c-]c2c1.[Ir]. The van der Waals surface area contributed by atoms with Crippen LogP contribution in [0.1, 0.15) is 86.3 Å². The van der Waals surface area contributed by atoms with E-state index in [9.17, 15) is 9.90 Å². The predicted molar refractivity (Wildman–Crippen MR) is 223 cm³/mol. The summed E-state index contributed by atoms with van der Waals surface area (Å²) in [7, 11) is -1.44. The van der Waals surface area contributed by atoms with Crippen LogP contribution in [0.3, 0.4) is 0 Å². The fourth-order valence-corrected chi connectivity index (χ4v) is 11.5. The van der Waals surface area contributed by atoms with E-state index in [0.717, 1.165) is 11.3 Å². The van der Waals surface area contributed by atoms with E-state index >= 15 is 0 Å². The van der Waals surface area contributed by atoms with Gasteiger partial charge in [0, 0.05) is 59.3 Å². The van der Waals surface area contributed by atoms with Gasteiger partial charge in [-0.15, -0.1) is 40.5 Å². The molecular formula is C45H60IrNO2SSi-. The summed E-state index contributed by atoms with van der Waals surface area (Å²) >= 11 is 1.91. The molecule has 2 heterocycles. The number of aliphatic hydroxyl groups is 1. The number of benzene rings is 3. The molecule has 0 bridgehead atoms. The van der Waals surface area contributed by atoms with E-state index in [1.807, 2.05) is 17.5 Å². The Kier molecular flexibility index (Phi) is 14.6. The van der Waals surface area contributed by atoms with Crippen molar-refractivity contribution in [3.05, 3.63) is 83.8 Å². The molecule has 0 atom stereocenters. The van der Waals surface area contributed by atoms with Gasteiger partial charge in [-0.25, -0.2) is 0 Å². The third-order valence-corrected chi connectivity index (χ3v) is 13.5. The average Bonchev–Trinajstić information content (AvgIpc) is 3.38. The van der Waals surface area contributed by atoms with E-state index in [2.05, 4.69) is 150 Å². The minimum Gasteiger partial charge on any atom is -0.512 e. The number of aromatic nitrogens is 1. The van der Waals surface area contributed by atoms with Crippen LogP contribution in [-0.4, -0.2) is 23.9 Å². The zero-order valence-corrected chi connectivity index (χ0v) is 37.6. The number of ketones is 1. The summed E-state index contributed by atoms with van der Waals surface area (Å²) in [6.45, 7) is 30.6. The molecule has 5 rings (SSSR count). The second-order valence-electron chi connectivity index (χ2n) is 16.9. The zero-order valence-electron chi connectivity index (χ0n) is 33.4. The van der Waals surface area contributed by atoms with Gasteiger partial charge in [-0.2, -0.15) is 0 Å². The number of rotatable bonds is 10. The molecule has 3 aromatic carbocycles. The minimum atomic E-state index is -1.44. The van der Waals surface area contributed by atoms with Crippen molar-refractivity contribution in [1.82, 2.24) is 4.98 Å². The third-order valence-electron chi connectivity index (χ3n) is 9.99. The maximum atomic E-state index is 12.3. The first-order chi connectivity index (χ1) is 23.3. The second kappa shape index (κ2) is 17.5. The van der Waals surface area contributed by atoms with Gasteiger partial charge in [0.15, 0.2) is 5.78 Å². The molecule has 1 N–H and O–H groups in total. The van der Waals surface area contributed by atoms with Crippen molar-refractivity contribution >= 4 is 61.3 Å². The quantitative estimate of drug-likeness (QED) is 0.0658. The Balaban J connectivity index is 0.000000306. The van der Waals surface area contributed by atoms with Gasteiger partial charge in [-0.3, -0.25) is 9.78 Å². The number of carbonyl (C=O) groups excluding carboxylic acids is 1. The van der Waals surface area contributed by atoms with Gasteiger partial charge in [-0.05, 0) is 58.5 Å². The van der Waals surface area contributed by atoms with Crippen LogP contribution >= 0.6 is 11.3 Å². The summed E-state index contributed by atoms with van der Waals surface area (Å²) < 4.78 is 2.72. The van der Waals surface area contributed by atoms with E-state index in [-0.39, 0.29) is 43.5 Å². The maximum absolute atomic E-state index is 12.3. The number of nitrogens with zero attached hydrogens (tertiary/aromatic N) is 1. The first kappa shape index (κ1) is 42.8. The molecule has 277 valence electrons. The number of pyridine rings is 1. The normalized spacial score (nSPS) is 12.7. The molecular weight excluding hydrogens is 839 g/mol. The molecule has 0 spiro atoms. The topological polar surface area (TPSA) is 50.2 Å². The standard InChI is InChI=1S/C28H28NSSi.C17H32O2.Ir/c1-17(2)24-16-20(15-19-14-18(3)10-11-21(19)24)26-28-23(12-13-29-26)22-8-7-9-25(27(22)30-28)31(4,5)6;1-10(2)16(11(3)4)14(18)9-15(19)17(12(5)6)13(7)8;/h7-14,16-17H,1-6H3;9-13,16-18H,1-8H3;/q-1;;/b;14-9-;. The molecule has 0 unspecified atom stereocenters. The summed E-state index contributed by atoms with van der Waals surface area (Å²) in [5.41, 5.74) is 4.80. The smallest absolute Gasteiger partial charge is 0.162 e. The summed E-state index contributed by atoms with van der Waals surface area (Å²) in [5.74, 6) is 2.07. The van der Waals surface area contributed by atoms with Crippen LogP contribution in [-0.2, 0) is 24.9 Å². The molecule has 2 aromatic heterocycles. The molecule has 0 saturated heterocycles. The summed E-state index contributed by atoms with van der Waals surface area (Å²) in [6, 6.07) is 21.7. The van der Waals surface area contributed by atoms with Crippen molar-refractivity contribution in [1.29, 1.82) is 0 Å². The largest absolute Gasteiger partial charge is 0.512 e. The van der Waals surface area contributed by atoms with Gasteiger partial charge in [0.05, 0.1) is 13.8 Å². The van der Waals surface area contributed by atoms with Crippen LogP contribution < -0.4 is 5.19 Å². The van der Waals surface area contributed by atoms with Gasteiger partial charge in [-0.1, -0.05) is 136 Å². The van der Waals surface area contributed by atoms with E-state index in [1.54, 1.807) is 0 Å². The Hall–Kier alpha value is -2.63. The van der Waals surface area contributed by atoms with Crippen LogP contribution in [0.4, 0.5) is 0 Å². The third kappa shape index (κ3) is 9.68. The number of carbonyl (C=O) groups is 1. The second-order valence-corrected chi connectivity index (χ2v) is 23.0. The molecule has 0 amide bonds. The van der Waals surface area contributed by atoms with E-state index in [1.165, 1.54) is 53.3 Å². The first-order valence-corrected chi connectivity index (χ1v) is 22.9. The van der Waals surface area contributed by atoms with E-state index in [4.69, 9.17) is 4.98 Å². The summed E-state index contributed by atoms with van der Waals surface area (Å²) in [6.07, 6.45) is 3.45. The number of thiophene rings is 1. The Morgan fingerprint density at radius 1 is 0.784 bits per heavy atom. The van der Waals surface area contributed by atoms with Crippen molar-refractivity contribution in [3.8, 4) is 11.3 Å². The Morgan fingerprint density at radius 2 is 1.37 bits per heavy atom. The molecule has 0 aliphatic carbocycles. The van der Waals surface area contributed by atoms with Crippen molar-refractivity contribution < 1.29 is 30.0 Å². The molecule has 0 fully saturated rings. The Morgan fingerprint density at radius 3 is 1.92 bits per heavy atom. The molecule has 0 saturated carbocycles. The summed E-state index contributed by atoms with van der Waals surface area (Å²) in [4.78, 5) is 17.2. The van der Waals surface area contributed by atoms with Crippen LogP contribution in [0.5, 0.6) is 0 Å². The van der Waals surface area contributed by atoms with Crippen molar-refractivity contribution in [2.75, 3.05) is 0 Å². The molecule has 3 nitrogen and oxygen atoms in total. The molecule has 6 heteroatoms. The number of allylic oxidation sites excluding steroid dienone is 2. The molecule has 0 aliphatic rings. The molecule has 51 heavy (non-hydrogen) atoms. The molecule has 0 aliphatic heterocycles. The van der Waals surface area contributed by atoms with E-state index < -0.39 is 8.07 Å². The average molecular weight is 899 g/mol. The van der Waals surface area contributed by atoms with Gasteiger partial charge < -0.3 is 5.11 Å². The number of aryl methyl sites for hydroxylation is 1. The number of hydrogen-bond donors (Lipinski definition) is 1. The maximum Gasteiger partial charge on any atom is 0.162 e. The van der Waals surface area contributed by atoms with Gasteiger partial charge >= 0.3 is 0 Å². The summed E-state index contributed by atoms with van der Waals surface area (Å²) in [5, 5.41) is 17.0. The van der Waals surface area contributed by atoms with Crippen molar-refractivity contribution in [2.24, 2.45) is 35.5 Å². The van der Waals surface area contributed by atoms with Gasteiger partial charge in [0.1, 0.15) is 0 Å². The monoisotopic (exact) mass is 899 g/mol. The number of aliphatic hydroxyl groups excluding tert-OH is 1. The first-order valence-electron chi connectivity index (χ1n) is 18.5. The van der Waals surface area contributed by atoms with Crippen molar-refractivity contribution in [2.45, 2.75) is 102 Å². The Bertz CT molecular complexity index is 1980. The minimum absolute atomic E-state index is 0. The Labute approximate surface area is 326 Å². The van der Waals surface area contributed by atoms with Crippen molar-refractivity contribution in [3.63, 3.8) is 0 Å². The van der Waals surface area contributed by atoms with Gasteiger partial charge in [0.25, 0.3) is 0 Å². The van der Waals surface area contributed by atoms with Crippen LogP contribution in [0, 0.1) is 48.5 Å². The number of fused-ring (bicyclic) bond motifs is 4. The van der Waals surface area contributed by atoms with E-state index in [0.29, 0.717) is 29.6 Å². The molecule has 1 radical (unpaired) electrons. The van der Waals surface area contributed by atoms with Crippen LogP contribution in [0.25, 0.3) is 42.2 Å². The van der Waals surface area contributed by atoms with Gasteiger partial charge in [0.2, 0.25) is 0 Å².